The summed E-state index contributed by atoms with van der Waals surface area (Å²) in [5.41, 5.74) is 3.61. The fourth-order valence-electron chi connectivity index (χ4n) is 3.58. The van der Waals surface area contributed by atoms with Crippen LogP contribution in [-0.2, 0) is 17.8 Å². The van der Waals surface area contributed by atoms with E-state index < -0.39 is 0 Å². The number of carbonyl (C=O) groups excluding carboxylic acids is 1. The number of rotatable bonds is 7. The van der Waals surface area contributed by atoms with Gasteiger partial charge in [-0.3, -0.25) is 4.79 Å². The second-order valence-electron chi connectivity index (χ2n) is 7.31. The van der Waals surface area contributed by atoms with Gasteiger partial charge in [0.1, 0.15) is 44.2 Å². The topological polar surface area (TPSA) is 64.0 Å². The Balaban J connectivity index is 1.33. The molecule has 1 aromatic heterocycles. The predicted molar refractivity (Wildman–Crippen MR) is 99.1 cm³/mol. The molecule has 0 aliphatic carbocycles. The summed E-state index contributed by atoms with van der Waals surface area (Å²) in [6.07, 6.45) is 0.892. The van der Waals surface area contributed by atoms with E-state index >= 15 is 0 Å². The Morgan fingerprint density at radius 1 is 1.15 bits per heavy atom. The van der Waals surface area contributed by atoms with Crippen molar-refractivity contribution in [3.05, 3.63) is 52.9 Å². The van der Waals surface area contributed by atoms with Crippen LogP contribution in [0, 0.1) is 13.8 Å². The lowest BCUT2D eigenvalue weighted by Crippen LogP contribution is -3.28. The lowest BCUT2D eigenvalue weighted by Gasteiger charge is -2.28. The van der Waals surface area contributed by atoms with E-state index in [0.29, 0.717) is 13.1 Å². The Morgan fingerprint density at radius 2 is 1.88 bits per heavy atom. The molecule has 0 atom stereocenters. The van der Waals surface area contributed by atoms with Gasteiger partial charge in [0.05, 0.1) is 0 Å². The number of hydrogen-bond acceptors (Lipinski definition) is 3. The molecule has 3 rings (SSSR count). The van der Waals surface area contributed by atoms with Gasteiger partial charge >= 0.3 is 0 Å². The number of quaternary nitrogens is 2. The van der Waals surface area contributed by atoms with E-state index in [2.05, 4.69) is 35.6 Å². The first-order valence-corrected chi connectivity index (χ1v) is 9.50. The molecule has 1 aliphatic rings. The van der Waals surface area contributed by atoms with Crippen molar-refractivity contribution in [1.82, 2.24) is 10.5 Å². The minimum absolute atomic E-state index is 0.157. The van der Waals surface area contributed by atoms with Crippen LogP contribution in [-0.4, -0.2) is 50.3 Å². The Kier molecular flexibility index (Phi) is 6.41. The molecule has 1 amide bonds. The number of aryl methyl sites for hydroxylation is 2. The van der Waals surface area contributed by atoms with Crippen molar-refractivity contribution < 1.29 is 19.1 Å². The van der Waals surface area contributed by atoms with Gasteiger partial charge in [0.25, 0.3) is 5.91 Å². The highest BCUT2D eigenvalue weighted by Crippen LogP contribution is 2.06. The Hall–Kier alpha value is -2.18. The third-order valence-corrected chi connectivity index (χ3v) is 5.16. The molecule has 0 saturated carbocycles. The minimum atomic E-state index is 0.157. The van der Waals surface area contributed by atoms with Gasteiger partial charge in [-0.25, -0.2) is 0 Å². The van der Waals surface area contributed by atoms with Crippen LogP contribution in [0.5, 0.6) is 0 Å². The highest BCUT2D eigenvalue weighted by atomic mass is 16.5. The number of benzene rings is 1. The van der Waals surface area contributed by atoms with Gasteiger partial charge in [0.15, 0.2) is 6.54 Å². The highest BCUT2D eigenvalue weighted by Gasteiger charge is 2.25. The second kappa shape index (κ2) is 8.96. The SMILES string of the molecule is Cc1cc(C[NH+]2CC[NH+](CC(=O)NCCc3ccccc3C)CC2)no1. The molecule has 2 heterocycles. The van der Waals surface area contributed by atoms with Crippen LogP contribution in [0.4, 0.5) is 0 Å². The van der Waals surface area contributed by atoms with E-state index in [9.17, 15) is 4.79 Å². The van der Waals surface area contributed by atoms with E-state index in [4.69, 9.17) is 4.52 Å². The van der Waals surface area contributed by atoms with Gasteiger partial charge in [-0.1, -0.05) is 29.4 Å². The van der Waals surface area contributed by atoms with Crippen LogP contribution in [0.3, 0.4) is 0 Å². The maximum Gasteiger partial charge on any atom is 0.275 e. The molecular formula is C20H30N4O2+2. The minimum Gasteiger partial charge on any atom is -0.361 e. The molecule has 6 nitrogen and oxygen atoms in total. The number of nitrogens with one attached hydrogen (secondary N) is 3. The Morgan fingerprint density at radius 3 is 2.58 bits per heavy atom. The summed E-state index contributed by atoms with van der Waals surface area (Å²) in [5.74, 6) is 1.02. The largest absolute Gasteiger partial charge is 0.361 e. The summed E-state index contributed by atoms with van der Waals surface area (Å²) < 4.78 is 5.14. The van der Waals surface area contributed by atoms with Crippen molar-refractivity contribution in [3.8, 4) is 0 Å². The van der Waals surface area contributed by atoms with Crippen LogP contribution in [0.15, 0.2) is 34.9 Å². The van der Waals surface area contributed by atoms with Crippen molar-refractivity contribution in [2.75, 3.05) is 39.3 Å². The van der Waals surface area contributed by atoms with Crippen molar-refractivity contribution in [3.63, 3.8) is 0 Å². The molecule has 3 N–H and O–H groups in total. The van der Waals surface area contributed by atoms with E-state index in [0.717, 1.165) is 50.6 Å². The maximum atomic E-state index is 12.2. The fourth-order valence-corrected chi connectivity index (χ4v) is 3.58. The van der Waals surface area contributed by atoms with Crippen LogP contribution >= 0.6 is 0 Å². The van der Waals surface area contributed by atoms with Gasteiger partial charge in [0, 0.05) is 12.6 Å². The number of aromatic nitrogens is 1. The van der Waals surface area contributed by atoms with Crippen LogP contribution in [0.1, 0.15) is 22.6 Å². The predicted octanol–water partition coefficient (Wildman–Crippen LogP) is -1.07. The summed E-state index contributed by atoms with van der Waals surface area (Å²) in [6, 6.07) is 10.4. The molecule has 140 valence electrons. The summed E-state index contributed by atoms with van der Waals surface area (Å²) in [7, 11) is 0. The quantitative estimate of drug-likeness (QED) is 0.591. The van der Waals surface area contributed by atoms with E-state index in [1.165, 1.54) is 20.9 Å². The van der Waals surface area contributed by atoms with Crippen molar-refractivity contribution in [1.29, 1.82) is 0 Å². The number of carbonyl (C=O) groups is 1. The fraction of sp³-hybridized carbons (Fsp3) is 0.500. The van der Waals surface area contributed by atoms with Crippen molar-refractivity contribution >= 4 is 5.91 Å². The molecule has 0 spiro atoms. The summed E-state index contributed by atoms with van der Waals surface area (Å²) in [4.78, 5) is 15.1. The average molecular weight is 358 g/mol. The zero-order chi connectivity index (χ0) is 18.4. The van der Waals surface area contributed by atoms with Crippen molar-refractivity contribution in [2.24, 2.45) is 0 Å². The lowest BCUT2D eigenvalue weighted by atomic mass is 10.1. The van der Waals surface area contributed by atoms with E-state index in [-0.39, 0.29) is 5.91 Å². The first-order valence-electron chi connectivity index (χ1n) is 9.50. The molecule has 0 unspecified atom stereocenters. The Bertz CT molecular complexity index is 720. The molecule has 26 heavy (non-hydrogen) atoms. The molecule has 1 saturated heterocycles. The van der Waals surface area contributed by atoms with Crippen LogP contribution in [0.2, 0.25) is 0 Å². The maximum absolute atomic E-state index is 12.2. The standard InChI is InChI=1S/C20H28N4O2/c1-16-5-3-4-6-18(16)7-8-21-20(25)15-24-11-9-23(10-12-24)14-19-13-17(2)26-22-19/h3-6,13H,7-12,14-15H2,1-2H3,(H,21,25)/p+2. The molecule has 1 aromatic carbocycles. The average Bonchev–Trinajstić information content (AvgIpc) is 3.03. The first kappa shape index (κ1) is 18.6. The third kappa shape index (κ3) is 5.41. The van der Waals surface area contributed by atoms with Crippen molar-refractivity contribution in [2.45, 2.75) is 26.8 Å². The third-order valence-electron chi connectivity index (χ3n) is 5.16. The molecule has 1 fully saturated rings. The Labute approximate surface area is 155 Å². The first-order chi connectivity index (χ1) is 12.6. The lowest BCUT2D eigenvalue weighted by molar-refractivity contribution is -1.02. The van der Waals surface area contributed by atoms with Gasteiger partial charge in [0.2, 0.25) is 0 Å². The molecule has 0 bridgehead atoms. The number of hydrogen-bond donors (Lipinski definition) is 3. The summed E-state index contributed by atoms with van der Waals surface area (Å²) in [5, 5.41) is 7.15. The van der Waals surface area contributed by atoms with Gasteiger partial charge in [-0.15, -0.1) is 0 Å². The number of amides is 1. The monoisotopic (exact) mass is 358 g/mol. The highest BCUT2D eigenvalue weighted by molar-refractivity contribution is 5.76. The number of nitrogens with zero attached hydrogens (tertiary/aromatic N) is 1. The molecule has 0 radical (unpaired) electrons. The van der Waals surface area contributed by atoms with Gasteiger partial charge < -0.3 is 19.6 Å². The van der Waals surface area contributed by atoms with Crippen LogP contribution in [0.25, 0.3) is 0 Å². The molecular weight excluding hydrogens is 328 g/mol. The normalized spacial score (nSPS) is 20.1. The van der Waals surface area contributed by atoms with Gasteiger partial charge in [-0.05, 0) is 31.4 Å². The van der Waals surface area contributed by atoms with Gasteiger partial charge in [-0.2, -0.15) is 0 Å². The number of piperazine rings is 1. The van der Waals surface area contributed by atoms with E-state index in [1.807, 2.05) is 19.1 Å². The summed E-state index contributed by atoms with van der Waals surface area (Å²) >= 11 is 0. The zero-order valence-corrected chi connectivity index (χ0v) is 15.8. The smallest absolute Gasteiger partial charge is 0.275 e. The van der Waals surface area contributed by atoms with E-state index in [1.54, 1.807) is 0 Å². The van der Waals surface area contributed by atoms with Crippen LogP contribution < -0.4 is 15.1 Å². The zero-order valence-electron chi connectivity index (χ0n) is 15.8. The second-order valence-corrected chi connectivity index (χ2v) is 7.31. The molecule has 2 aromatic rings. The molecule has 1 aliphatic heterocycles. The summed E-state index contributed by atoms with van der Waals surface area (Å²) in [6.45, 7) is 10.4. The molecule has 6 heteroatoms.